The van der Waals surface area contributed by atoms with E-state index in [9.17, 15) is 4.79 Å². The van der Waals surface area contributed by atoms with Crippen LogP contribution in [0.1, 0.15) is 26.3 Å². The Balaban J connectivity index is 0.00000144. The van der Waals surface area contributed by atoms with E-state index in [-0.39, 0.29) is 29.8 Å². The fourth-order valence-electron chi connectivity index (χ4n) is 2.24. The van der Waals surface area contributed by atoms with Crippen LogP contribution in [0.3, 0.4) is 0 Å². The van der Waals surface area contributed by atoms with Crippen molar-refractivity contribution < 1.29 is 9.53 Å². The van der Waals surface area contributed by atoms with E-state index in [4.69, 9.17) is 4.74 Å². The Morgan fingerprint density at radius 2 is 2.06 bits per heavy atom. The maximum absolute atomic E-state index is 11.8. The number of fused-ring (bicyclic) bond motifs is 1. The summed E-state index contributed by atoms with van der Waals surface area (Å²) in [5, 5.41) is 3.23. The molecule has 4 heteroatoms. The number of benzene rings is 1. The third-order valence-electron chi connectivity index (χ3n) is 3.17. The number of rotatable bonds is 2. The van der Waals surface area contributed by atoms with E-state index >= 15 is 0 Å². The van der Waals surface area contributed by atoms with Gasteiger partial charge in [0.25, 0.3) is 0 Å². The van der Waals surface area contributed by atoms with Crippen molar-refractivity contribution in [3.8, 4) is 0 Å². The highest BCUT2D eigenvalue weighted by Crippen LogP contribution is 2.40. The van der Waals surface area contributed by atoms with Gasteiger partial charge in [0.05, 0.1) is 6.61 Å². The molecule has 0 saturated carbocycles. The summed E-state index contributed by atoms with van der Waals surface area (Å²) in [6, 6.07) is 7.73. The maximum Gasteiger partial charge on any atom is 0.329 e. The highest BCUT2D eigenvalue weighted by molar-refractivity contribution is 5.86. The fraction of sp³-hybridized carbons (Fsp3) is 0.462. The van der Waals surface area contributed by atoms with Crippen molar-refractivity contribution >= 4 is 24.1 Å². The molecule has 94 valence electrons. The summed E-state index contributed by atoms with van der Waals surface area (Å²) in [4.78, 5) is 11.8. The molecule has 0 fully saturated rings. The summed E-state index contributed by atoms with van der Waals surface area (Å²) >= 11 is 0. The molecule has 1 aliphatic heterocycles. The number of carbonyl (C=O) groups excluding carboxylic acids is 1. The van der Waals surface area contributed by atoms with Gasteiger partial charge in [-0.25, -0.2) is 4.79 Å². The van der Waals surface area contributed by atoms with Gasteiger partial charge in [-0.1, -0.05) is 32.0 Å². The van der Waals surface area contributed by atoms with E-state index in [2.05, 4.69) is 25.2 Å². The first-order valence-corrected chi connectivity index (χ1v) is 5.60. The quantitative estimate of drug-likeness (QED) is 0.826. The lowest BCUT2D eigenvalue weighted by molar-refractivity contribution is -0.145. The SMILES string of the molecule is CCOC(=O)C1Nc2ccccc2C1(C)C.Cl. The van der Waals surface area contributed by atoms with Gasteiger partial charge in [-0.2, -0.15) is 0 Å². The van der Waals surface area contributed by atoms with Gasteiger partial charge in [-0.15, -0.1) is 12.4 Å². The molecule has 1 N–H and O–H groups in total. The zero-order chi connectivity index (χ0) is 11.8. The van der Waals surface area contributed by atoms with Crippen molar-refractivity contribution in [3.05, 3.63) is 29.8 Å². The number of hydrogen-bond acceptors (Lipinski definition) is 3. The van der Waals surface area contributed by atoms with Crippen LogP contribution in [0.25, 0.3) is 0 Å². The first kappa shape index (κ1) is 13.8. The molecular weight excluding hydrogens is 238 g/mol. The average Bonchev–Trinajstić information content (AvgIpc) is 2.52. The molecule has 1 aliphatic rings. The molecule has 2 rings (SSSR count). The summed E-state index contributed by atoms with van der Waals surface area (Å²) in [6.45, 7) is 6.37. The van der Waals surface area contributed by atoms with E-state index in [1.807, 2.05) is 25.1 Å². The van der Waals surface area contributed by atoms with Crippen LogP contribution in [0, 0.1) is 0 Å². The summed E-state index contributed by atoms with van der Waals surface area (Å²) in [5.41, 5.74) is 1.99. The van der Waals surface area contributed by atoms with Gasteiger partial charge >= 0.3 is 5.97 Å². The van der Waals surface area contributed by atoms with Crippen molar-refractivity contribution in [1.29, 1.82) is 0 Å². The summed E-state index contributed by atoms with van der Waals surface area (Å²) < 4.78 is 5.09. The van der Waals surface area contributed by atoms with E-state index < -0.39 is 0 Å². The lowest BCUT2D eigenvalue weighted by atomic mass is 9.81. The molecule has 0 spiro atoms. The van der Waals surface area contributed by atoms with Gasteiger partial charge in [0, 0.05) is 11.1 Å². The Labute approximate surface area is 108 Å². The van der Waals surface area contributed by atoms with Gasteiger partial charge in [-0.3, -0.25) is 0 Å². The molecule has 0 aromatic heterocycles. The van der Waals surface area contributed by atoms with Crippen molar-refractivity contribution in [2.24, 2.45) is 0 Å². The van der Waals surface area contributed by atoms with Gasteiger partial charge in [0.2, 0.25) is 0 Å². The molecule has 0 bridgehead atoms. The number of nitrogens with one attached hydrogen (secondary N) is 1. The average molecular weight is 256 g/mol. The van der Waals surface area contributed by atoms with Crippen molar-refractivity contribution in [3.63, 3.8) is 0 Å². The molecule has 17 heavy (non-hydrogen) atoms. The van der Waals surface area contributed by atoms with Crippen molar-refractivity contribution in [2.75, 3.05) is 11.9 Å². The van der Waals surface area contributed by atoms with Gasteiger partial charge in [-0.05, 0) is 18.6 Å². The smallest absolute Gasteiger partial charge is 0.329 e. The molecule has 0 saturated heterocycles. The van der Waals surface area contributed by atoms with Crippen LogP contribution in [0.2, 0.25) is 0 Å². The van der Waals surface area contributed by atoms with E-state index in [1.54, 1.807) is 0 Å². The van der Waals surface area contributed by atoms with E-state index in [0.29, 0.717) is 6.61 Å². The van der Waals surface area contributed by atoms with E-state index in [0.717, 1.165) is 5.69 Å². The lowest BCUT2D eigenvalue weighted by Crippen LogP contribution is -2.41. The van der Waals surface area contributed by atoms with Crippen LogP contribution >= 0.6 is 12.4 Å². The van der Waals surface area contributed by atoms with Gasteiger partial charge < -0.3 is 10.1 Å². The van der Waals surface area contributed by atoms with E-state index in [1.165, 1.54) is 5.56 Å². The lowest BCUT2D eigenvalue weighted by Gasteiger charge is -2.25. The Hall–Kier alpha value is -1.22. The van der Waals surface area contributed by atoms with Crippen LogP contribution in [0.4, 0.5) is 5.69 Å². The highest BCUT2D eigenvalue weighted by atomic mass is 35.5. The molecule has 1 heterocycles. The number of carbonyl (C=O) groups is 1. The molecule has 0 radical (unpaired) electrons. The fourth-order valence-corrected chi connectivity index (χ4v) is 2.24. The Morgan fingerprint density at radius 3 is 2.65 bits per heavy atom. The maximum atomic E-state index is 11.8. The minimum atomic E-state index is -0.287. The standard InChI is InChI=1S/C13H17NO2.ClH/c1-4-16-12(15)11-13(2,3)9-7-5-6-8-10(9)14-11;/h5-8,11,14H,4H2,1-3H3;1H. The largest absolute Gasteiger partial charge is 0.464 e. The van der Waals surface area contributed by atoms with Crippen LogP contribution in [0.5, 0.6) is 0 Å². The number of esters is 1. The summed E-state index contributed by atoms with van der Waals surface area (Å²) in [6.07, 6.45) is 0. The number of halogens is 1. The molecular formula is C13H18ClNO2. The first-order chi connectivity index (χ1) is 7.57. The zero-order valence-electron chi connectivity index (χ0n) is 10.3. The van der Waals surface area contributed by atoms with Gasteiger partial charge in [0.15, 0.2) is 0 Å². The third kappa shape index (κ3) is 2.25. The summed E-state index contributed by atoms with van der Waals surface area (Å²) in [5.74, 6) is -0.177. The predicted molar refractivity (Wildman–Crippen MR) is 70.8 cm³/mol. The number of hydrogen-bond donors (Lipinski definition) is 1. The second-order valence-electron chi connectivity index (χ2n) is 4.60. The minimum Gasteiger partial charge on any atom is -0.464 e. The Kier molecular flexibility index (Phi) is 4.04. The highest BCUT2D eigenvalue weighted by Gasteiger charge is 2.44. The minimum absolute atomic E-state index is 0. The normalized spacial score (nSPS) is 19.8. The topological polar surface area (TPSA) is 38.3 Å². The molecule has 1 atom stereocenters. The van der Waals surface area contributed by atoms with Crippen LogP contribution < -0.4 is 5.32 Å². The van der Waals surface area contributed by atoms with Crippen LogP contribution in [-0.2, 0) is 14.9 Å². The zero-order valence-corrected chi connectivity index (χ0v) is 11.1. The number of para-hydroxylation sites is 1. The van der Waals surface area contributed by atoms with Crippen molar-refractivity contribution in [1.82, 2.24) is 0 Å². The molecule has 0 aliphatic carbocycles. The number of anilines is 1. The van der Waals surface area contributed by atoms with Crippen LogP contribution in [-0.4, -0.2) is 18.6 Å². The number of ether oxygens (including phenoxy) is 1. The van der Waals surface area contributed by atoms with Crippen molar-refractivity contribution in [2.45, 2.75) is 32.2 Å². The molecule has 0 amide bonds. The molecule has 1 aromatic carbocycles. The second kappa shape index (κ2) is 4.96. The summed E-state index contributed by atoms with van der Waals surface area (Å²) in [7, 11) is 0. The Morgan fingerprint density at radius 1 is 1.41 bits per heavy atom. The van der Waals surface area contributed by atoms with Crippen LogP contribution in [0.15, 0.2) is 24.3 Å². The molecule has 1 aromatic rings. The first-order valence-electron chi connectivity index (χ1n) is 5.60. The monoisotopic (exact) mass is 255 g/mol. The second-order valence-corrected chi connectivity index (χ2v) is 4.60. The Bertz CT molecular complexity index is 418. The van der Waals surface area contributed by atoms with Gasteiger partial charge in [0.1, 0.15) is 6.04 Å². The molecule has 1 unspecified atom stereocenters. The predicted octanol–water partition coefficient (Wildman–Crippen LogP) is 2.74. The third-order valence-corrected chi connectivity index (χ3v) is 3.17. The molecule has 3 nitrogen and oxygen atoms in total.